The highest BCUT2D eigenvalue weighted by molar-refractivity contribution is 7.10. The molecule has 29 heavy (non-hydrogen) atoms. The molecule has 4 aromatic rings. The third-order valence-electron chi connectivity index (χ3n) is 5.56. The highest BCUT2D eigenvalue weighted by Crippen LogP contribution is 2.30. The second-order valence-electron chi connectivity index (χ2n) is 7.50. The molecule has 0 saturated carbocycles. The SMILES string of the molecule is Cc1nnc2c(NCCCCN)nc3cc(N4CCc5sccc5C4)ccc3n12. The predicted molar refractivity (Wildman–Crippen MR) is 119 cm³/mol. The summed E-state index contributed by atoms with van der Waals surface area (Å²) in [5.41, 5.74) is 11.0. The van der Waals surface area contributed by atoms with Crippen molar-refractivity contribution in [2.24, 2.45) is 5.73 Å². The van der Waals surface area contributed by atoms with E-state index in [1.165, 1.54) is 16.1 Å². The van der Waals surface area contributed by atoms with Crippen molar-refractivity contribution in [1.29, 1.82) is 0 Å². The van der Waals surface area contributed by atoms with Crippen LogP contribution in [0.25, 0.3) is 16.7 Å². The minimum Gasteiger partial charge on any atom is -0.367 e. The minimum atomic E-state index is 0.706. The first-order valence-electron chi connectivity index (χ1n) is 10.1. The molecule has 1 aromatic carbocycles. The molecule has 3 N–H and O–H groups in total. The summed E-state index contributed by atoms with van der Waals surface area (Å²) in [6.45, 7) is 5.51. The number of hydrogen-bond donors (Lipinski definition) is 2. The van der Waals surface area contributed by atoms with Gasteiger partial charge in [-0.3, -0.25) is 4.40 Å². The molecule has 8 heteroatoms. The van der Waals surface area contributed by atoms with Gasteiger partial charge in [0.1, 0.15) is 5.82 Å². The van der Waals surface area contributed by atoms with E-state index in [1.54, 1.807) is 0 Å². The largest absolute Gasteiger partial charge is 0.367 e. The Morgan fingerprint density at radius 2 is 2.14 bits per heavy atom. The van der Waals surface area contributed by atoms with E-state index in [2.05, 4.69) is 54.5 Å². The van der Waals surface area contributed by atoms with Gasteiger partial charge in [-0.1, -0.05) is 0 Å². The monoisotopic (exact) mass is 407 g/mol. The topological polar surface area (TPSA) is 84.4 Å². The molecule has 0 unspecified atom stereocenters. The first-order chi connectivity index (χ1) is 14.2. The number of nitrogens with two attached hydrogens (primary N) is 1. The van der Waals surface area contributed by atoms with Crippen LogP contribution < -0.4 is 16.0 Å². The number of anilines is 2. The maximum atomic E-state index is 5.61. The maximum Gasteiger partial charge on any atom is 0.204 e. The number of unbranched alkanes of at least 4 members (excludes halogenated alkanes) is 1. The van der Waals surface area contributed by atoms with Crippen molar-refractivity contribution in [1.82, 2.24) is 19.6 Å². The quantitative estimate of drug-likeness (QED) is 0.477. The van der Waals surface area contributed by atoms with E-state index in [-0.39, 0.29) is 0 Å². The fraction of sp³-hybridized carbons (Fsp3) is 0.381. The van der Waals surface area contributed by atoms with Gasteiger partial charge in [-0.2, -0.15) is 0 Å². The molecule has 0 fully saturated rings. The number of nitrogens with one attached hydrogen (secondary N) is 1. The molecule has 0 spiro atoms. The van der Waals surface area contributed by atoms with Crippen LogP contribution in [-0.4, -0.2) is 39.2 Å². The second-order valence-corrected chi connectivity index (χ2v) is 8.50. The standard InChI is InChI=1S/C21H25N7S/c1-14-25-26-21-20(23-9-3-2-8-22)24-17-12-16(4-5-18(17)28(14)21)27-10-6-19-15(13-27)7-11-29-19/h4-5,7,11-12H,2-3,6,8-10,13,22H2,1H3,(H,23,24). The van der Waals surface area contributed by atoms with Crippen LogP contribution in [0.3, 0.4) is 0 Å². The number of hydrogen-bond acceptors (Lipinski definition) is 7. The summed E-state index contributed by atoms with van der Waals surface area (Å²) in [5.74, 6) is 1.65. The Morgan fingerprint density at radius 1 is 1.21 bits per heavy atom. The Balaban J connectivity index is 1.53. The Morgan fingerprint density at radius 3 is 3.03 bits per heavy atom. The molecule has 0 aliphatic carbocycles. The molecule has 3 aromatic heterocycles. The number of benzene rings is 1. The molecule has 7 nitrogen and oxygen atoms in total. The van der Waals surface area contributed by atoms with E-state index >= 15 is 0 Å². The second kappa shape index (κ2) is 7.61. The average molecular weight is 408 g/mol. The van der Waals surface area contributed by atoms with E-state index < -0.39 is 0 Å². The molecular formula is C21H25N7S. The molecule has 0 bridgehead atoms. The molecule has 5 rings (SSSR count). The first-order valence-corrected chi connectivity index (χ1v) is 11.0. The van der Waals surface area contributed by atoms with Crippen LogP contribution in [0.1, 0.15) is 29.1 Å². The summed E-state index contributed by atoms with van der Waals surface area (Å²) in [6, 6.07) is 8.77. The van der Waals surface area contributed by atoms with Crippen molar-refractivity contribution >= 4 is 39.5 Å². The summed E-state index contributed by atoms with van der Waals surface area (Å²) < 4.78 is 2.09. The number of aromatic nitrogens is 4. The van der Waals surface area contributed by atoms with Crippen LogP contribution in [0.5, 0.6) is 0 Å². The van der Waals surface area contributed by atoms with Crippen molar-refractivity contribution in [3.05, 3.63) is 45.9 Å². The van der Waals surface area contributed by atoms with Gasteiger partial charge in [0, 0.05) is 30.2 Å². The highest BCUT2D eigenvalue weighted by atomic mass is 32.1. The van der Waals surface area contributed by atoms with Gasteiger partial charge in [0.2, 0.25) is 5.65 Å². The number of fused-ring (bicyclic) bond motifs is 4. The van der Waals surface area contributed by atoms with Crippen LogP contribution >= 0.6 is 11.3 Å². The van der Waals surface area contributed by atoms with Gasteiger partial charge in [-0.05, 0) is 67.9 Å². The number of nitrogens with zero attached hydrogens (tertiary/aromatic N) is 5. The van der Waals surface area contributed by atoms with Crippen LogP contribution in [-0.2, 0) is 13.0 Å². The van der Waals surface area contributed by atoms with Gasteiger partial charge in [-0.25, -0.2) is 4.98 Å². The minimum absolute atomic E-state index is 0.706. The third-order valence-corrected chi connectivity index (χ3v) is 6.59. The fourth-order valence-corrected chi connectivity index (χ4v) is 4.91. The van der Waals surface area contributed by atoms with Crippen molar-refractivity contribution in [3.63, 3.8) is 0 Å². The zero-order valence-electron chi connectivity index (χ0n) is 16.6. The van der Waals surface area contributed by atoms with Crippen LogP contribution in [0.4, 0.5) is 11.5 Å². The zero-order valence-corrected chi connectivity index (χ0v) is 17.4. The summed E-state index contributed by atoms with van der Waals surface area (Å²) >= 11 is 1.87. The van der Waals surface area contributed by atoms with E-state index in [0.717, 1.165) is 67.2 Å². The van der Waals surface area contributed by atoms with E-state index in [9.17, 15) is 0 Å². The molecule has 4 heterocycles. The Kier molecular flexibility index (Phi) is 4.81. The van der Waals surface area contributed by atoms with Crippen molar-refractivity contribution in [3.8, 4) is 0 Å². The van der Waals surface area contributed by atoms with E-state index in [0.29, 0.717) is 6.54 Å². The average Bonchev–Trinajstić information content (AvgIpc) is 3.37. The highest BCUT2D eigenvalue weighted by Gasteiger charge is 2.19. The molecule has 0 atom stereocenters. The van der Waals surface area contributed by atoms with E-state index in [4.69, 9.17) is 10.7 Å². The van der Waals surface area contributed by atoms with Gasteiger partial charge in [0.25, 0.3) is 0 Å². The number of rotatable bonds is 6. The Hall–Kier alpha value is -2.71. The first kappa shape index (κ1) is 18.3. The summed E-state index contributed by atoms with van der Waals surface area (Å²) in [7, 11) is 0. The van der Waals surface area contributed by atoms with Gasteiger partial charge in [0.15, 0.2) is 5.82 Å². The molecular weight excluding hydrogens is 382 g/mol. The lowest BCUT2D eigenvalue weighted by molar-refractivity contribution is 0.744. The van der Waals surface area contributed by atoms with Crippen LogP contribution in [0.15, 0.2) is 29.6 Å². The van der Waals surface area contributed by atoms with E-state index in [1.807, 2.05) is 18.3 Å². The fourth-order valence-electron chi connectivity index (χ4n) is 4.03. The van der Waals surface area contributed by atoms with Crippen molar-refractivity contribution < 1.29 is 0 Å². The zero-order chi connectivity index (χ0) is 19.8. The molecule has 150 valence electrons. The lowest BCUT2D eigenvalue weighted by atomic mass is 10.1. The van der Waals surface area contributed by atoms with Crippen molar-refractivity contribution in [2.75, 3.05) is 29.9 Å². The van der Waals surface area contributed by atoms with Gasteiger partial charge < -0.3 is 16.0 Å². The maximum absolute atomic E-state index is 5.61. The lowest BCUT2D eigenvalue weighted by Crippen LogP contribution is -2.29. The lowest BCUT2D eigenvalue weighted by Gasteiger charge is -2.29. The number of thiophene rings is 1. The van der Waals surface area contributed by atoms with Crippen LogP contribution in [0, 0.1) is 6.92 Å². The molecule has 1 aliphatic heterocycles. The molecule has 0 saturated heterocycles. The Labute approximate surface area is 173 Å². The number of aryl methyl sites for hydroxylation is 1. The molecule has 0 radical (unpaired) electrons. The summed E-state index contributed by atoms with van der Waals surface area (Å²) in [6.07, 6.45) is 3.11. The predicted octanol–water partition coefficient (Wildman–Crippen LogP) is 3.36. The van der Waals surface area contributed by atoms with Crippen molar-refractivity contribution in [2.45, 2.75) is 32.7 Å². The van der Waals surface area contributed by atoms with Gasteiger partial charge in [-0.15, -0.1) is 21.5 Å². The molecule has 0 amide bonds. The normalized spacial score (nSPS) is 13.9. The smallest absolute Gasteiger partial charge is 0.204 e. The third kappa shape index (κ3) is 3.32. The summed E-state index contributed by atoms with van der Waals surface area (Å²) in [4.78, 5) is 8.87. The Bertz CT molecular complexity index is 1160. The molecule has 1 aliphatic rings. The summed E-state index contributed by atoms with van der Waals surface area (Å²) in [5, 5.41) is 14.3. The van der Waals surface area contributed by atoms with Gasteiger partial charge >= 0.3 is 0 Å². The van der Waals surface area contributed by atoms with Crippen LogP contribution in [0.2, 0.25) is 0 Å². The van der Waals surface area contributed by atoms with Gasteiger partial charge in [0.05, 0.1) is 11.0 Å².